The van der Waals surface area contributed by atoms with Gasteiger partial charge in [-0.25, -0.2) is 8.42 Å². The van der Waals surface area contributed by atoms with Crippen LogP contribution >= 0.6 is 0 Å². The molecule has 1 atom stereocenters. The zero-order valence-corrected chi connectivity index (χ0v) is 15.5. The third-order valence-corrected chi connectivity index (χ3v) is 6.46. The van der Waals surface area contributed by atoms with Crippen molar-refractivity contribution in [2.75, 3.05) is 18.1 Å². The van der Waals surface area contributed by atoms with Crippen LogP contribution < -0.4 is 4.74 Å². The number of nitrogens with zero attached hydrogens (tertiary/aromatic N) is 2. The molecular weight excluding hydrogens is 352 g/mol. The van der Waals surface area contributed by atoms with Gasteiger partial charge in [-0.15, -0.1) is 0 Å². The van der Waals surface area contributed by atoms with Crippen LogP contribution in [-0.2, 0) is 9.84 Å². The number of Topliss-reactive ketones (excluding diaryl/α,β-unsaturated/α-hetero) is 1. The first-order valence-electron chi connectivity index (χ1n) is 8.36. The fourth-order valence-corrected chi connectivity index (χ4v) is 5.15. The Bertz CT molecular complexity index is 982. The lowest BCUT2D eigenvalue weighted by Crippen LogP contribution is -2.16. The van der Waals surface area contributed by atoms with Crippen LogP contribution in [0.5, 0.6) is 5.75 Å². The van der Waals surface area contributed by atoms with Crippen molar-refractivity contribution in [2.45, 2.75) is 26.3 Å². The normalized spacial score (nSPS) is 18.4. The summed E-state index contributed by atoms with van der Waals surface area (Å²) in [5.41, 5.74) is 2.74. The lowest BCUT2D eigenvalue weighted by molar-refractivity contribution is 0.0920. The summed E-state index contributed by atoms with van der Waals surface area (Å²) in [5, 5.41) is 8.79. The number of ether oxygens (including phenoxy) is 1. The quantitative estimate of drug-likeness (QED) is 0.753. The van der Waals surface area contributed by atoms with Crippen LogP contribution in [0.1, 0.15) is 39.8 Å². The number of rotatable bonds is 5. The summed E-state index contributed by atoms with van der Waals surface area (Å²) in [4.78, 5) is 12.6. The van der Waals surface area contributed by atoms with Gasteiger partial charge in [0, 0.05) is 23.0 Å². The van der Waals surface area contributed by atoms with Crippen molar-refractivity contribution >= 4 is 15.6 Å². The molecule has 0 amide bonds. The van der Waals surface area contributed by atoms with E-state index < -0.39 is 9.84 Å². The standard InChI is InChI=1S/C19H20N2O4S/c1-13-9-18(14(2)21(13)16-7-8-26(23,24)12-16)19(22)11-25-17-5-3-15(10-20)4-6-17/h3-6,9,16H,7-8,11-12H2,1-2H3/t16-/m1/s1. The Morgan fingerprint density at radius 1 is 1.31 bits per heavy atom. The van der Waals surface area contributed by atoms with Crippen LogP contribution in [0.15, 0.2) is 30.3 Å². The number of benzene rings is 1. The second-order valence-electron chi connectivity index (χ2n) is 6.56. The van der Waals surface area contributed by atoms with E-state index in [2.05, 4.69) is 0 Å². The fraction of sp³-hybridized carbons (Fsp3) is 0.368. The number of hydrogen-bond donors (Lipinski definition) is 0. The molecule has 1 aliphatic rings. The maximum absolute atomic E-state index is 12.6. The minimum absolute atomic E-state index is 0.110. The van der Waals surface area contributed by atoms with Gasteiger partial charge in [0.25, 0.3) is 0 Å². The van der Waals surface area contributed by atoms with E-state index in [4.69, 9.17) is 10.00 Å². The van der Waals surface area contributed by atoms with Gasteiger partial charge >= 0.3 is 0 Å². The Balaban J connectivity index is 1.74. The first kappa shape index (κ1) is 18.2. The minimum atomic E-state index is -2.99. The van der Waals surface area contributed by atoms with Crippen molar-refractivity contribution in [2.24, 2.45) is 0 Å². The van der Waals surface area contributed by atoms with Crippen LogP contribution in [0.4, 0.5) is 0 Å². The molecule has 1 saturated heterocycles. The summed E-state index contributed by atoms with van der Waals surface area (Å²) >= 11 is 0. The predicted octanol–water partition coefficient (Wildman–Crippen LogP) is 2.60. The van der Waals surface area contributed by atoms with Gasteiger partial charge in [-0.1, -0.05) is 0 Å². The molecule has 3 rings (SSSR count). The van der Waals surface area contributed by atoms with Crippen molar-refractivity contribution in [3.63, 3.8) is 0 Å². The Morgan fingerprint density at radius 3 is 2.58 bits per heavy atom. The van der Waals surface area contributed by atoms with E-state index in [1.54, 1.807) is 30.3 Å². The molecule has 0 unspecified atom stereocenters. The van der Waals surface area contributed by atoms with Crippen molar-refractivity contribution in [3.05, 3.63) is 52.8 Å². The zero-order valence-electron chi connectivity index (χ0n) is 14.7. The van der Waals surface area contributed by atoms with Crippen LogP contribution in [0, 0.1) is 25.2 Å². The van der Waals surface area contributed by atoms with Gasteiger partial charge in [-0.2, -0.15) is 5.26 Å². The van der Waals surface area contributed by atoms with Crippen molar-refractivity contribution in [1.82, 2.24) is 4.57 Å². The van der Waals surface area contributed by atoms with E-state index in [9.17, 15) is 13.2 Å². The molecular formula is C19H20N2O4S. The van der Waals surface area contributed by atoms with Gasteiger partial charge in [-0.3, -0.25) is 4.79 Å². The molecule has 26 heavy (non-hydrogen) atoms. The number of carbonyl (C=O) groups excluding carboxylic acids is 1. The second-order valence-corrected chi connectivity index (χ2v) is 8.79. The highest BCUT2D eigenvalue weighted by atomic mass is 32.2. The minimum Gasteiger partial charge on any atom is -0.485 e. The molecule has 0 saturated carbocycles. The molecule has 6 nitrogen and oxygen atoms in total. The number of ketones is 1. The number of sulfone groups is 1. The first-order valence-corrected chi connectivity index (χ1v) is 10.2. The molecule has 0 bridgehead atoms. The monoisotopic (exact) mass is 372 g/mol. The zero-order chi connectivity index (χ0) is 18.9. The molecule has 1 aliphatic heterocycles. The molecule has 0 spiro atoms. The molecule has 1 aromatic carbocycles. The average Bonchev–Trinajstić information content (AvgIpc) is 3.11. The van der Waals surface area contributed by atoms with E-state index in [0.717, 1.165) is 11.4 Å². The van der Waals surface area contributed by atoms with Crippen LogP contribution in [0.2, 0.25) is 0 Å². The maximum atomic E-state index is 12.6. The topological polar surface area (TPSA) is 89.2 Å². The molecule has 0 radical (unpaired) electrons. The molecule has 2 aromatic rings. The summed E-state index contributed by atoms with van der Waals surface area (Å²) < 4.78 is 31.0. The molecule has 1 aromatic heterocycles. The largest absolute Gasteiger partial charge is 0.485 e. The molecule has 7 heteroatoms. The first-order chi connectivity index (χ1) is 12.3. The maximum Gasteiger partial charge on any atom is 0.202 e. The fourth-order valence-electron chi connectivity index (χ4n) is 3.45. The van der Waals surface area contributed by atoms with Gasteiger partial charge in [0.2, 0.25) is 5.78 Å². The number of carbonyl (C=O) groups is 1. The second kappa shape index (κ2) is 6.96. The summed E-state index contributed by atoms with van der Waals surface area (Å²) in [6, 6.07) is 10.3. The number of aromatic nitrogens is 1. The summed E-state index contributed by atoms with van der Waals surface area (Å²) in [6.07, 6.45) is 0.577. The summed E-state index contributed by atoms with van der Waals surface area (Å²) in [6.45, 7) is 3.61. The number of nitriles is 1. The molecule has 1 fully saturated rings. The van der Waals surface area contributed by atoms with Gasteiger partial charge in [-0.05, 0) is 50.6 Å². The molecule has 0 N–H and O–H groups in total. The number of aryl methyl sites for hydroxylation is 1. The lowest BCUT2D eigenvalue weighted by atomic mass is 10.1. The third-order valence-electron chi connectivity index (χ3n) is 4.71. The van der Waals surface area contributed by atoms with E-state index in [1.165, 1.54) is 0 Å². The van der Waals surface area contributed by atoms with E-state index in [0.29, 0.717) is 23.3 Å². The Hall–Kier alpha value is -2.59. The van der Waals surface area contributed by atoms with Crippen molar-refractivity contribution < 1.29 is 17.9 Å². The Kier molecular flexibility index (Phi) is 4.88. The van der Waals surface area contributed by atoms with Gasteiger partial charge < -0.3 is 9.30 Å². The smallest absolute Gasteiger partial charge is 0.202 e. The van der Waals surface area contributed by atoms with Crippen LogP contribution in [-0.4, -0.2) is 36.9 Å². The highest BCUT2D eigenvalue weighted by Gasteiger charge is 2.31. The van der Waals surface area contributed by atoms with Gasteiger partial charge in [0.05, 0.1) is 23.1 Å². The average molecular weight is 372 g/mol. The van der Waals surface area contributed by atoms with E-state index >= 15 is 0 Å². The predicted molar refractivity (Wildman–Crippen MR) is 97.2 cm³/mol. The van der Waals surface area contributed by atoms with E-state index in [-0.39, 0.29) is 29.9 Å². The highest BCUT2D eigenvalue weighted by molar-refractivity contribution is 7.91. The molecule has 2 heterocycles. The van der Waals surface area contributed by atoms with Crippen molar-refractivity contribution in [1.29, 1.82) is 5.26 Å². The van der Waals surface area contributed by atoms with E-state index in [1.807, 2.05) is 24.5 Å². The van der Waals surface area contributed by atoms with Crippen LogP contribution in [0.3, 0.4) is 0 Å². The number of hydrogen-bond acceptors (Lipinski definition) is 5. The molecule has 136 valence electrons. The van der Waals surface area contributed by atoms with Gasteiger partial charge in [0.15, 0.2) is 16.4 Å². The summed E-state index contributed by atoms with van der Waals surface area (Å²) in [7, 11) is -2.99. The highest BCUT2D eigenvalue weighted by Crippen LogP contribution is 2.29. The molecule has 0 aliphatic carbocycles. The Morgan fingerprint density at radius 2 is 2.00 bits per heavy atom. The lowest BCUT2D eigenvalue weighted by Gasteiger charge is -2.16. The van der Waals surface area contributed by atoms with Crippen molar-refractivity contribution in [3.8, 4) is 11.8 Å². The SMILES string of the molecule is Cc1cc(C(=O)COc2ccc(C#N)cc2)c(C)n1[C@@H]1CCS(=O)(=O)C1. The third kappa shape index (κ3) is 3.65. The van der Waals surface area contributed by atoms with Crippen LogP contribution in [0.25, 0.3) is 0 Å². The van der Waals surface area contributed by atoms with Gasteiger partial charge in [0.1, 0.15) is 5.75 Å². The Labute approximate surface area is 152 Å². The summed E-state index contributed by atoms with van der Waals surface area (Å²) in [5.74, 6) is 0.682.